The van der Waals surface area contributed by atoms with Gasteiger partial charge in [0.1, 0.15) is 12.3 Å². The maximum atomic E-state index is 12.0. The monoisotopic (exact) mass is 375 g/mol. The summed E-state index contributed by atoms with van der Waals surface area (Å²) in [5.41, 5.74) is 3.43. The molecular formula is C21H28ClN2O2+. The lowest BCUT2D eigenvalue weighted by molar-refractivity contribution is -0.910. The van der Waals surface area contributed by atoms with Crippen LogP contribution < -0.4 is 15.0 Å². The Morgan fingerprint density at radius 3 is 2.38 bits per heavy atom. The molecule has 2 aromatic carbocycles. The Labute approximate surface area is 161 Å². The fourth-order valence-electron chi connectivity index (χ4n) is 2.68. The minimum absolute atomic E-state index is 0.0490. The molecule has 0 spiro atoms. The van der Waals surface area contributed by atoms with E-state index in [4.69, 9.17) is 16.3 Å². The van der Waals surface area contributed by atoms with Gasteiger partial charge >= 0.3 is 0 Å². The number of hydrogen-bond donors (Lipinski definition) is 2. The standard InChI is InChI=1S/C21H27ClN2O2/c1-4-24(5-2)14-18-9-7-17(8-10-18)13-23-21(25)15-26-20-12-16(3)6-11-19(20)22/h6-12H,4-5,13-15H2,1-3H3,(H,23,25)/p+1. The van der Waals surface area contributed by atoms with Crippen molar-refractivity contribution >= 4 is 17.5 Å². The van der Waals surface area contributed by atoms with Crippen LogP contribution in [0.3, 0.4) is 0 Å². The third kappa shape index (κ3) is 6.36. The van der Waals surface area contributed by atoms with Crippen LogP contribution in [-0.4, -0.2) is 25.6 Å². The van der Waals surface area contributed by atoms with Crippen LogP contribution >= 0.6 is 11.6 Å². The molecule has 0 heterocycles. The molecule has 4 nitrogen and oxygen atoms in total. The van der Waals surface area contributed by atoms with Gasteiger partial charge in [0.2, 0.25) is 0 Å². The number of quaternary nitrogens is 1. The van der Waals surface area contributed by atoms with Crippen LogP contribution in [-0.2, 0) is 17.9 Å². The van der Waals surface area contributed by atoms with Crippen LogP contribution in [0.25, 0.3) is 0 Å². The van der Waals surface area contributed by atoms with Gasteiger partial charge in [-0.3, -0.25) is 4.79 Å². The van der Waals surface area contributed by atoms with Crippen LogP contribution in [0.4, 0.5) is 0 Å². The first-order chi connectivity index (χ1) is 12.5. The van der Waals surface area contributed by atoms with Crippen LogP contribution in [0.2, 0.25) is 5.02 Å². The number of nitrogens with one attached hydrogen (secondary N) is 2. The predicted octanol–water partition coefficient (Wildman–Crippen LogP) is 2.77. The Morgan fingerprint density at radius 1 is 1.08 bits per heavy atom. The third-order valence-electron chi connectivity index (χ3n) is 4.41. The summed E-state index contributed by atoms with van der Waals surface area (Å²) in [4.78, 5) is 13.5. The molecule has 2 aromatic rings. The molecule has 1 amide bonds. The zero-order valence-corrected chi connectivity index (χ0v) is 16.5. The lowest BCUT2D eigenvalue weighted by Gasteiger charge is -2.15. The Bertz CT molecular complexity index is 712. The molecule has 5 heteroatoms. The molecule has 26 heavy (non-hydrogen) atoms. The minimum atomic E-state index is -0.167. The molecule has 0 atom stereocenters. The Kier molecular flexibility index (Phi) is 7.95. The number of aryl methyl sites for hydroxylation is 1. The highest BCUT2D eigenvalue weighted by atomic mass is 35.5. The molecule has 0 saturated carbocycles. The second-order valence-corrected chi connectivity index (χ2v) is 6.86. The van der Waals surface area contributed by atoms with Crippen molar-refractivity contribution in [2.45, 2.75) is 33.9 Å². The molecule has 0 aliphatic heterocycles. The molecular weight excluding hydrogens is 348 g/mol. The summed E-state index contributed by atoms with van der Waals surface area (Å²) < 4.78 is 5.51. The van der Waals surface area contributed by atoms with Gasteiger partial charge in [0.15, 0.2) is 6.61 Å². The molecule has 0 radical (unpaired) electrons. The Hall–Kier alpha value is -2.04. The SMILES string of the molecule is CC[NH+](CC)Cc1ccc(CNC(=O)COc2cc(C)ccc2Cl)cc1. The highest BCUT2D eigenvalue weighted by molar-refractivity contribution is 6.32. The van der Waals surface area contributed by atoms with E-state index < -0.39 is 0 Å². The van der Waals surface area contributed by atoms with Crippen molar-refractivity contribution in [1.29, 1.82) is 0 Å². The van der Waals surface area contributed by atoms with Crippen molar-refractivity contribution in [2.24, 2.45) is 0 Å². The first-order valence-corrected chi connectivity index (χ1v) is 9.46. The average Bonchev–Trinajstić information content (AvgIpc) is 2.66. The highest BCUT2D eigenvalue weighted by Crippen LogP contribution is 2.25. The maximum absolute atomic E-state index is 12.0. The van der Waals surface area contributed by atoms with Crippen LogP contribution in [0.1, 0.15) is 30.5 Å². The van der Waals surface area contributed by atoms with E-state index in [1.54, 1.807) is 11.0 Å². The molecule has 0 saturated heterocycles. The largest absolute Gasteiger partial charge is 0.482 e. The van der Waals surface area contributed by atoms with Crippen molar-refractivity contribution in [3.05, 3.63) is 64.2 Å². The lowest BCUT2D eigenvalue weighted by atomic mass is 10.1. The normalized spacial score (nSPS) is 10.8. The number of carbonyl (C=O) groups excluding carboxylic acids is 1. The van der Waals surface area contributed by atoms with E-state index in [0.29, 0.717) is 17.3 Å². The van der Waals surface area contributed by atoms with Gasteiger partial charge in [-0.1, -0.05) is 41.9 Å². The Morgan fingerprint density at radius 2 is 1.73 bits per heavy atom. The lowest BCUT2D eigenvalue weighted by Crippen LogP contribution is -3.10. The second-order valence-electron chi connectivity index (χ2n) is 6.45. The summed E-state index contributed by atoms with van der Waals surface area (Å²) >= 11 is 6.07. The second kappa shape index (κ2) is 10.2. The van der Waals surface area contributed by atoms with E-state index in [-0.39, 0.29) is 12.5 Å². The van der Waals surface area contributed by atoms with Crippen molar-refractivity contribution in [2.75, 3.05) is 19.7 Å². The summed E-state index contributed by atoms with van der Waals surface area (Å²) in [6, 6.07) is 13.9. The summed E-state index contributed by atoms with van der Waals surface area (Å²) in [7, 11) is 0. The minimum Gasteiger partial charge on any atom is -0.482 e. The first kappa shape index (κ1) is 20.3. The maximum Gasteiger partial charge on any atom is 0.258 e. The van der Waals surface area contributed by atoms with Gasteiger partial charge in [0.05, 0.1) is 18.1 Å². The number of hydrogen-bond acceptors (Lipinski definition) is 2. The number of carbonyl (C=O) groups is 1. The van der Waals surface area contributed by atoms with Gasteiger partial charge in [0, 0.05) is 12.1 Å². The van der Waals surface area contributed by atoms with Crippen LogP contribution in [0.5, 0.6) is 5.75 Å². The zero-order chi connectivity index (χ0) is 18.9. The number of benzene rings is 2. The smallest absolute Gasteiger partial charge is 0.258 e. The number of halogens is 1. The summed E-state index contributed by atoms with van der Waals surface area (Å²) in [5, 5.41) is 3.38. The number of rotatable bonds is 9. The molecule has 0 fully saturated rings. The van der Waals surface area contributed by atoms with Crippen molar-refractivity contribution in [3.63, 3.8) is 0 Å². The van der Waals surface area contributed by atoms with Gasteiger partial charge in [-0.2, -0.15) is 0 Å². The zero-order valence-electron chi connectivity index (χ0n) is 15.8. The van der Waals surface area contributed by atoms with E-state index in [1.807, 2.05) is 19.1 Å². The topological polar surface area (TPSA) is 42.8 Å². The Balaban J connectivity index is 1.79. The highest BCUT2D eigenvalue weighted by Gasteiger charge is 2.07. The van der Waals surface area contributed by atoms with Crippen LogP contribution in [0.15, 0.2) is 42.5 Å². The molecule has 0 unspecified atom stereocenters. The fraction of sp³-hybridized carbons (Fsp3) is 0.381. The third-order valence-corrected chi connectivity index (χ3v) is 4.72. The van der Waals surface area contributed by atoms with Crippen molar-refractivity contribution < 1.29 is 14.4 Å². The molecule has 2 rings (SSSR count). The number of amides is 1. The molecule has 0 aliphatic rings. The van der Waals surface area contributed by atoms with Crippen molar-refractivity contribution in [3.8, 4) is 5.75 Å². The van der Waals surface area contributed by atoms with Crippen LogP contribution in [0, 0.1) is 6.92 Å². The molecule has 0 aliphatic carbocycles. The molecule has 0 aromatic heterocycles. The van der Waals surface area contributed by atoms with Gasteiger partial charge < -0.3 is 15.0 Å². The van der Waals surface area contributed by atoms with E-state index in [1.165, 1.54) is 5.56 Å². The summed E-state index contributed by atoms with van der Waals surface area (Å²) in [6.07, 6.45) is 0. The van der Waals surface area contributed by atoms with Gasteiger partial charge in [0.25, 0.3) is 5.91 Å². The molecule has 140 valence electrons. The molecule has 0 bridgehead atoms. The quantitative estimate of drug-likeness (QED) is 0.707. The van der Waals surface area contributed by atoms with Gasteiger partial charge in [-0.05, 0) is 44.0 Å². The van der Waals surface area contributed by atoms with E-state index in [9.17, 15) is 4.79 Å². The predicted molar refractivity (Wildman–Crippen MR) is 106 cm³/mol. The fourth-order valence-corrected chi connectivity index (χ4v) is 2.85. The van der Waals surface area contributed by atoms with Crippen molar-refractivity contribution in [1.82, 2.24) is 5.32 Å². The average molecular weight is 376 g/mol. The molecule has 2 N–H and O–H groups in total. The van der Waals surface area contributed by atoms with E-state index in [2.05, 4.69) is 43.4 Å². The first-order valence-electron chi connectivity index (χ1n) is 9.08. The summed E-state index contributed by atoms with van der Waals surface area (Å²) in [6.45, 7) is 10.1. The summed E-state index contributed by atoms with van der Waals surface area (Å²) in [5.74, 6) is 0.365. The number of ether oxygens (including phenoxy) is 1. The van der Waals surface area contributed by atoms with E-state index >= 15 is 0 Å². The van der Waals surface area contributed by atoms with Gasteiger partial charge in [-0.25, -0.2) is 0 Å². The van der Waals surface area contributed by atoms with Gasteiger partial charge in [-0.15, -0.1) is 0 Å². The van der Waals surface area contributed by atoms with E-state index in [0.717, 1.165) is 30.8 Å².